The van der Waals surface area contributed by atoms with Crippen LogP contribution in [0.15, 0.2) is 24.3 Å². The Kier molecular flexibility index (Phi) is 3.37. The molecule has 0 amide bonds. The van der Waals surface area contributed by atoms with Gasteiger partial charge in [-0.15, -0.1) is 0 Å². The molecule has 1 aromatic rings. The normalized spacial score (nSPS) is 31.3. The van der Waals surface area contributed by atoms with Crippen molar-refractivity contribution in [2.45, 2.75) is 57.0 Å². The highest BCUT2D eigenvalue weighted by Crippen LogP contribution is 2.45. The van der Waals surface area contributed by atoms with Crippen LogP contribution in [0.3, 0.4) is 0 Å². The van der Waals surface area contributed by atoms with Crippen molar-refractivity contribution in [3.8, 4) is 0 Å². The summed E-state index contributed by atoms with van der Waals surface area (Å²) in [7, 11) is 0. The lowest BCUT2D eigenvalue weighted by molar-refractivity contribution is -0.122. The van der Waals surface area contributed by atoms with Gasteiger partial charge in [0, 0.05) is 18.1 Å². The number of Topliss-reactive ketones (excluding diaryl/α,β-unsaturated/α-hetero) is 1. The van der Waals surface area contributed by atoms with Crippen LogP contribution in [0.4, 0.5) is 0 Å². The molecule has 2 atom stereocenters. The van der Waals surface area contributed by atoms with Crippen LogP contribution in [0.2, 0.25) is 0 Å². The fourth-order valence-electron chi connectivity index (χ4n) is 4.80. The fourth-order valence-corrected chi connectivity index (χ4v) is 4.80. The van der Waals surface area contributed by atoms with Crippen molar-refractivity contribution >= 4 is 5.78 Å². The lowest BCUT2D eigenvalue weighted by Gasteiger charge is -2.44. The number of carbonyl (C=O) groups excluding carboxylic acids is 1. The minimum absolute atomic E-state index is 0.107. The SMILES string of the molecule is O=C1c2ccccc2CC1C1CCOC2(CCCCC2)C1. The van der Waals surface area contributed by atoms with Crippen LogP contribution >= 0.6 is 0 Å². The second-order valence-electron chi connectivity index (χ2n) is 7.18. The first-order valence-electron chi connectivity index (χ1n) is 8.54. The lowest BCUT2D eigenvalue weighted by Crippen LogP contribution is -2.44. The summed E-state index contributed by atoms with van der Waals surface area (Å²) in [6.45, 7) is 0.852. The molecule has 2 heteroatoms. The van der Waals surface area contributed by atoms with Crippen molar-refractivity contribution in [3.05, 3.63) is 35.4 Å². The third-order valence-electron chi connectivity index (χ3n) is 5.92. The summed E-state index contributed by atoms with van der Waals surface area (Å²) in [6, 6.07) is 8.18. The van der Waals surface area contributed by atoms with Gasteiger partial charge in [0.05, 0.1) is 5.60 Å². The van der Waals surface area contributed by atoms with Gasteiger partial charge in [-0.3, -0.25) is 4.79 Å². The molecule has 0 radical (unpaired) electrons. The molecule has 2 nitrogen and oxygen atoms in total. The second-order valence-corrected chi connectivity index (χ2v) is 7.18. The number of fused-ring (bicyclic) bond motifs is 1. The summed E-state index contributed by atoms with van der Waals surface area (Å²) in [6.07, 6.45) is 9.48. The van der Waals surface area contributed by atoms with Crippen LogP contribution in [-0.2, 0) is 11.2 Å². The van der Waals surface area contributed by atoms with E-state index in [1.165, 1.54) is 37.7 Å². The summed E-state index contributed by atoms with van der Waals surface area (Å²) in [5.41, 5.74) is 2.35. The number of hydrogen-bond acceptors (Lipinski definition) is 2. The van der Waals surface area contributed by atoms with Gasteiger partial charge in [0.25, 0.3) is 0 Å². The van der Waals surface area contributed by atoms with Crippen molar-refractivity contribution in [2.75, 3.05) is 6.61 Å². The number of ether oxygens (including phenoxy) is 1. The number of ketones is 1. The van der Waals surface area contributed by atoms with E-state index in [-0.39, 0.29) is 11.5 Å². The van der Waals surface area contributed by atoms with Crippen molar-refractivity contribution in [3.63, 3.8) is 0 Å². The Labute approximate surface area is 126 Å². The van der Waals surface area contributed by atoms with Crippen LogP contribution in [0.5, 0.6) is 0 Å². The molecule has 112 valence electrons. The van der Waals surface area contributed by atoms with E-state index in [2.05, 4.69) is 12.1 Å². The molecular weight excluding hydrogens is 260 g/mol. The third kappa shape index (κ3) is 2.34. The van der Waals surface area contributed by atoms with E-state index in [1.807, 2.05) is 12.1 Å². The van der Waals surface area contributed by atoms with Gasteiger partial charge < -0.3 is 4.74 Å². The van der Waals surface area contributed by atoms with Gasteiger partial charge in [0.15, 0.2) is 5.78 Å². The highest BCUT2D eigenvalue weighted by molar-refractivity contribution is 6.02. The molecule has 3 aliphatic rings. The van der Waals surface area contributed by atoms with Crippen molar-refractivity contribution in [1.29, 1.82) is 0 Å². The molecule has 1 aromatic carbocycles. The molecule has 1 aliphatic heterocycles. The topological polar surface area (TPSA) is 26.3 Å². The molecule has 1 heterocycles. The molecule has 0 N–H and O–H groups in total. The van der Waals surface area contributed by atoms with Gasteiger partial charge in [-0.05, 0) is 43.6 Å². The predicted molar refractivity (Wildman–Crippen MR) is 82.5 cm³/mol. The average Bonchev–Trinajstić information content (AvgIpc) is 2.86. The molecule has 4 rings (SSSR count). The molecular formula is C19H24O2. The molecule has 1 saturated carbocycles. The maximum Gasteiger partial charge on any atom is 0.166 e. The first-order valence-corrected chi connectivity index (χ1v) is 8.54. The Balaban J connectivity index is 1.53. The summed E-state index contributed by atoms with van der Waals surface area (Å²) < 4.78 is 6.20. The van der Waals surface area contributed by atoms with Crippen LogP contribution in [-0.4, -0.2) is 18.0 Å². The minimum Gasteiger partial charge on any atom is -0.375 e. The molecule has 2 aliphatic carbocycles. The smallest absolute Gasteiger partial charge is 0.166 e. The highest BCUT2D eigenvalue weighted by atomic mass is 16.5. The van der Waals surface area contributed by atoms with Crippen LogP contribution < -0.4 is 0 Å². The van der Waals surface area contributed by atoms with Gasteiger partial charge in [0.1, 0.15) is 0 Å². The fraction of sp³-hybridized carbons (Fsp3) is 0.632. The van der Waals surface area contributed by atoms with E-state index in [9.17, 15) is 4.79 Å². The standard InChI is InChI=1S/C19H24O2/c20-18-16-7-3-2-6-14(16)12-17(18)15-8-11-21-19(13-15)9-4-1-5-10-19/h2-3,6-7,15,17H,1,4-5,8-13H2. The van der Waals surface area contributed by atoms with Gasteiger partial charge >= 0.3 is 0 Å². The third-order valence-corrected chi connectivity index (χ3v) is 5.92. The first kappa shape index (κ1) is 13.5. The van der Waals surface area contributed by atoms with E-state index in [1.54, 1.807) is 0 Å². The molecule has 1 spiro atoms. The van der Waals surface area contributed by atoms with Gasteiger partial charge in [-0.2, -0.15) is 0 Å². The Morgan fingerprint density at radius 3 is 2.71 bits per heavy atom. The van der Waals surface area contributed by atoms with Gasteiger partial charge in [-0.25, -0.2) is 0 Å². The van der Waals surface area contributed by atoms with Crippen molar-refractivity contribution in [2.24, 2.45) is 11.8 Å². The summed E-state index contributed by atoms with van der Waals surface area (Å²) >= 11 is 0. The van der Waals surface area contributed by atoms with Gasteiger partial charge in [0.2, 0.25) is 0 Å². The largest absolute Gasteiger partial charge is 0.375 e. The van der Waals surface area contributed by atoms with Crippen molar-refractivity contribution < 1.29 is 9.53 Å². The zero-order valence-electron chi connectivity index (χ0n) is 12.6. The zero-order chi connectivity index (χ0) is 14.3. The first-order chi connectivity index (χ1) is 10.3. The van der Waals surface area contributed by atoms with E-state index in [4.69, 9.17) is 4.74 Å². The van der Waals surface area contributed by atoms with Gasteiger partial charge in [-0.1, -0.05) is 43.5 Å². The van der Waals surface area contributed by atoms with E-state index in [0.29, 0.717) is 11.7 Å². The molecule has 2 fully saturated rings. The highest BCUT2D eigenvalue weighted by Gasteiger charge is 2.44. The maximum atomic E-state index is 12.7. The van der Waals surface area contributed by atoms with Crippen molar-refractivity contribution in [1.82, 2.24) is 0 Å². The number of benzene rings is 1. The Bertz CT molecular complexity index is 537. The predicted octanol–water partition coefficient (Wildman–Crippen LogP) is 4.17. The van der Waals surface area contributed by atoms with E-state index < -0.39 is 0 Å². The quantitative estimate of drug-likeness (QED) is 0.773. The van der Waals surface area contributed by atoms with Crippen LogP contribution in [0.25, 0.3) is 0 Å². The Morgan fingerprint density at radius 1 is 1.10 bits per heavy atom. The molecule has 21 heavy (non-hydrogen) atoms. The monoisotopic (exact) mass is 284 g/mol. The molecule has 2 unspecified atom stereocenters. The minimum atomic E-state index is 0.107. The van der Waals surface area contributed by atoms with E-state index in [0.717, 1.165) is 31.4 Å². The molecule has 0 aromatic heterocycles. The average molecular weight is 284 g/mol. The Hall–Kier alpha value is -1.15. The van der Waals surface area contributed by atoms with Crippen LogP contribution in [0.1, 0.15) is 60.9 Å². The second kappa shape index (κ2) is 5.24. The summed E-state index contributed by atoms with van der Waals surface area (Å²) in [4.78, 5) is 12.7. The van der Waals surface area contributed by atoms with Crippen LogP contribution in [0, 0.1) is 11.8 Å². The van der Waals surface area contributed by atoms with E-state index >= 15 is 0 Å². The summed E-state index contributed by atoms with van der Waals surface area (Å²) in [5, 5.41) is 0. The number of carbonyl (C=O) groups is 1. The molecule has 0 bridgehead atoms. The lowest BCUT2D eigenvalue weighted by atomic mass is 9.71. The maximum absolute atomic E-state index is 12.7. The number of hydrogen-bond donors (Lipinski definition) is 0. The number of rotatable bonds is 1. The molecule has 1 saturated heterocycles. The zero-order valence-corrected chi connectivity index (χ0v) is 12.6. The Morgan fingerprint density at radius 2 is 1.90 bits per heavy atom. The summed E-state index contributed by atoms with van der Waals surface area (Å²) in [5.74, 6) is 1.13.